The molecule has 1 unspecified atom stereocenters. The van der Waals surface area contributed by atoms with Gasteiger partial charge in [-0.15, -0.1) is 0 Å². The van der Waals surface area contributed by atoms with E-state index in [-0.39, 0.29) is 31.1 Å². The molecule has 0 N–H and O–H groups in total. The third-order valence-electron chi connectivity index (χ3n) is 11.3. The standard InChI is InChI=1S/C55H98O6/c1-4-7-10-13-16-19-22-25-27-30-32-35-38-41-44-47-53(56)59-50-52(61-55(58)49-46-43-40-37-34-29-24-21-18-15-12-9-6-3)51-60-54(57)48-45-42-39-36-33-31-28-26-23-20-17-14-11-8-5-2/h16,19,21,24-28,52H,4-15,17-18,20,22-23,29-51H2,1-3H3. The Kier molecular flexibility index (Phi) is 47.9. The molecular formula is C55H98O6. The number of unbranched alkanes of at least 4 members (excludes halogenated alkanes) is 28. The van der Waals surface area contributed by atoms with E-state index in [1.807, 2.05) is 0 Å². The molecule has 0 aliphatic rings. The van der Waals surface area contributed by atoms with Gasteiger partial charge in [0.1, 0.15) is 13.2 Å². The molecule has 0 radical (unpaired) electrons. The zero-order valence-corrected chi connectivity index (χ0v) is 40.4. The second-order valence-electron chi connectivity index (χ2n) is 17.4. The molecule has 6 heteroatoms. The van der Waals surface area contributed by atoms with Gasteiger partial charge in [-0.1, -0.05) is 191 Å². The van der Waals surface area contributed by atoms with Crippen LogP contribution in [0.1, 0.15) is 265 Å². The summed E-state index contributed by atoms with van der Waals surface area (Å²) in [6.07, 6.45) is 59.4. The third kappa shape index (κ3) is 48.3. The van der Waals surface area contributed by atoms with Crippen molar-refractivity contribution in [3.63, 3.8) is 0 Å². The van der Waals surface area contributed by atoms with Gasteiger partial charge in [-0.25, -0.2) is 0 Å². The molecule has 0 fully saturated rings. The molecule has 6 nitrogen and oxygen atoms in total. The lowest BCUT2D eigenvalue weighted by atomic mass is 10.1. The Hall–Kier alpha value is -2.63. The van der Waals surface area contributed by atoms with Gasteiger partial charge in [0.05, 0.1) is 0 Å². The molecule has 354 valence electrons. The first kappa shape index (κ1) is 58.4. The lowest BCUT2D eigenvalue weighted by Gasteiger charge is -2.18. The molecule has 0 amide bonds. The van der Waals surface area contributed by atoms with E-state index < -0.39 is 6.10 Å². The Morgan fingerprint density at radius 2 is 0.590 bits per heavy atom. The van der Waals surface area contributed by atoms with Crippen LogP contribution in [0.15, 0.2) is 48.6 Å². The Morgan fingerprint density at radius 1 is 0.328 bits per heavy atom. The fourth-order valence-corrected chi connectivity index (χ4v) is 7.28. The number of carbonyl (C=O) groups excluding carboxylic acids is 3. The topological polar surface area (TPSA) is 78.9 Å². The molecule has 0 aliphatic carbocycles. The SMILES string of the molecule is CCCCCC=CCC=CCCCCCCCC(=O)OCC(COC(=O)CCCCCCCC=CCCCCCCCC)OC(=O)CCCCCCCC=CCCCCCC. The minimum Gasteiger partial charge on any atom is -0.462 e. The number of rotatable bonds is 47. The Balaban J connectivity index is 4.41. The largest absolute Gasteiger partial charge is 0.462 e. The van der Waals surface area contributed by atoms with E-state index >= 15 is 0 Å². The molecular weight excluding hydrogens is 757 g/mol. The summed E-state index contributed by atoms with van der Waals surface area (Å²) in [4.78, 5) is 38.0. The summed E-state index contributed by atoms with van der Waals surface area (Å²) >= 11 is 0. The molecule has 61 heavy (non-hydrogen) atoms. The van der Waals surface area contributed by atoms with Crippen LogP contribution >= 0.6 is 0 Å². The molecule has 0 aromatic rings. The Morgan fingerprint density at radius 3 is 0.967 bits per heavy atom. The van der Waals surface area contributed by atoms with Crippen molar-refractivity contribution in [2.45, 2.75) is 271 Å². The number of esters is 3. The van der Waals surface area contributed by atoms with Gasteiger partial charge < -0.3 is 14.2 Å². The van der Waals surface area contributed by atoms with Gasteiger partial charge in [-0.3, -0.25) is 14.4 Å². The van der Waals surface area contributed by atoms with E-state index in [1.54, 1.807) is 0 Å². The summed E-state index contributed by atoms with van der Waals surface area (Å²) < 4.78 is 16.8. The first-order chi connectivity index (χ1) is 30.0. The first-order valence-corrected chi connectivity index (χ1v) is 26.1. The van der Waals surface area contributed by atoms with Crippen LogP contribution in [0.3, 0.4) is 0 Å². The Labute approximate surface area is 378 Å². The summed E-state index contributed by atoms with van der Waals surface area (Å²) in [6, 6.07) is 0. The molecule has 0 bridgehead atoms. The highest BCUT2D eigenvalue weighted by molar-refractivity contribution is 5.71. The van der Waals surface area contributed by atoms with E-state index in [9.17, 15) is 14.4 Å². The second kappa shape index (κ2) is 50.0. The van der Waals surface area contributed by atoms with E-state index in [0.29, 0.717) is 19.3 Å². The molecule has 0 saturated heterocycles. The smallest absolute Gasteiger partial charge is 0.306 e. The van der Waals surface area contributed by atoms with E-state index in [1.165, 1.54) is 128 Å². The molecule has 0 aliphatic heterocycles. The zero-order chi connectivity index (χ0) is 44.4. The van der Waals surface area contributed by atoms with Crippen molar-refractivity contribution in [2.75, 3.05) is 13.2 Å². The van der Waals surface area contributed by atoms with E-state index in [4.69, 9.17) is 14.2 Å². The van der Waals surface area contributed by atoms with Crippen molar-refractivity contribution >= 4 is 17.9 Å². The lowest BCUT2D eigenvalue weighted by Crippen LogP contribution is -2.30. The van der Waals surface area contributed by atoms with Gasteiger partial charge >= 0.3 is 17.9 Å². The number of allylic oxidation sites excluding steroid dienone is 8. The van der Waals surface area contributed by atoms with Gasteiger partial charge in [0, 0.05) is 19.3 Å². The normalized spacial score (nSPS) is 12.4. The second-order valence-corrected chi connectivity index (χ2v) is 17.4. The summed E-state index contributed by atoms with van der Waals surface area (Å²) in [6.45, 7) is 6.58. The summed E-state index contributed by atoms with van der Waals surface area (Å²) in [5, 5.41) is 0. The highest BCUT2D eigenvalue weighted by Crippen LogP contribution is 2.14. The summed E-state index contributed by atoms with van der Waals surface area (Å²) in [5.74, 6) is -0.909. The van der Waals surface area contributed by atoms with Crippen molar-refractivity contribution in [3.8, 4) is 0 Å². The fraction of sp³-hybridized carbons (Fsp3) is 0.800. The maximum Gasteiger partial charge on any atom is 0.306 e. The summed E-state index contributed by atoms with van der Waals surface area (Å²) in [5.41, 5.74) is 0. The third-order valence-corrected chi connectivity index (χ3v) is 11.3. The van der Waals surface area contributed by atoms with Gasteiger partial charge in [-0.05, 0) is 103 Å². The van der Waals surface area contributed by atoms with Gasteiger partial charge in [0.25, 0.3) is 0 Å². The molecule has 0 rings (SSSR count). The van der Waals surface area contributed by atoms with Crippen molar-refractivity contribution in [1.82, 2.24) is 0 Å². The molecule has 1 atom stereocenters. The van der Waals surface area contributed by atoms with Crippen LogP contribution in [0, 0.1) is 0 Å². The molecule has 0 aromatic heterocycles. The molecule has 0 spiro atoms. The average molecular weight is 855 g/mol. The first-order valence-electron chi connectivity index (χ1n) is 26.1. The van der Waals surface area contributed by atoms with E-state index in [2.05, 4.69) is 69.4 Å². The van der Waals surface area contributed by atoms with Gasteiger partial charge in [-0.2, -0.15) is 0 Å². The lowest BCUT2D eigenvalue weighted by molar-refractivity contribution is -0.167. The highest BCUT2D eigenvalue weighted by atomic mass is 16.6. The van der Waals surface area contributed by atoms with Crippen molar-refractivity contribution in [1.29, 1.82) is 0 Å². The monoisotopic (exact) mass is 855 g/mol. The predicted octanol–water partition coefficient (Wildman–Crippen LogP) is 17.1. The van der Waals surface area contributed by atoms with Crippen LogP contribution < -0.4 is 0 Å². The molecule has 0 heterocycles. The van der Waals surface area contributed by atoms with Crippen LogP contribution in [0.25, 0.3) is 0 Å². The molecule has 0 saturated carbocycles. The maximum atomic E-state index is 12.8. The van der Waals surface area contributed by atoms with Crippen LogP contribution in [-0.4, -0.2) is 37.2 Å². The average Bonchev–Trinajstić information content (AvgIpc) is 3.26. The minimum absolute atomic E-state index is 0.0846. The quantitative estimate of drug-likeness (QED) is 0.0263. The number of hydrogen-bond donors (Lipinski definition) is 0. The van der Waals surface area contributed by atoms with Crippen LogP contribution in [0.5, 0.6) is 0 Å². The number of carbonyl (C=O) groups is 3. The predicted molar refractivity (Wildman–Crippen MR) is 261 cm³/mol. The van der Waals surface area contributed by atoms with Gasteiger partial charge in [0.15, 0.2) is 6.10 Å². The van der Waals surface area contributed by atoms with Crippen molar-refractivity contribution in [2.24, 2.45) is 0 Å². The zero-order valence-electron chi connectivity index (χ0n) is 40.4. The van der Waals surface area contributed by atoms with Gasteiger partial charge in [0.2, 0.25) is 0 Å². The maximum absolute atomic E-state index is 12.8. The fourth-order valence-electron chi connectivity index (χ4n) is 7.28. The van der Waals surface area contributed by atoms with Crippen LogP contribution in [0.2, 0.25) is 0 Å². The number of hydrogen-bond acceptors (Lipinski definition) is 6. The summed E-state index contributed by atoms with van der Waals surface area (Å²) in [7, 11) is 0. The minimum atomic E-state index is -0.784. The number of ether oxygens (including phenoxy) is 3. The van der Waals surface area contributed by atoms with Crippen LogP contribution in [-0.2, 0) is 28.6 Å². The molecule has 0 aromatic carbocycles. The van der Waals surface area contributed by atoms with Crippen molar-refractivity contribution < 1.29 is 28.6 Å². The van der Waals surface area contributed by atoms with Crippen LogP contribution in [0.4, 0.5) is 0 Å². The van der Waals surface area contributed by atoms with Crippen molar-refractivity contribution in [3.05, 3.63) is 48.6 Å². The Bertz CT molecular complexity index is 1070. The highest BCUT2D eigenvalue weighted by Gasteiger charge is 2.19. The van der Waals surface area contributed by atoms with E-state index in [0.717, 1.165) is 96.3 Å².